The van der Waals surface area contributed by atoms with Crippen molar-refractivity contribution in [2.24, 2.45) is 0 Å². The fraction of sp³-hybridized carbons (Fsp3) is 0.636. The molecule has 3 nitrogen and oxygen atoms in total. The molecule has 0 amide bonds. The Morgan fingerprint density at radius 2 is 2.25 bits per heavy atom. The Morgan fingerprint density at radius 3 is 2.75 bits per heavy atom. The third-order valence-electron chi connectivity index (χ3n) is 2.32. The molecule has 0 radical (unpaired) electrons. The molecule has 5 heteroatoms. The Kier molecular flexibility index (Phi) is 5.44. The van der Waals surface area contributed by atoms with Crippen molar-refractivity contribution < 1.29 is 8.42 Å². The van der Waals surface area contributed by atoms with Gasteiger partial charge in [-0.25, -0.2) is 8.42 Å². The Hall–Kier alpha value is -0.390. The number of hydrogen-bond donors (Lipinski definition) is 1. The number of rotatable bonds is 7. The number of nitrogens with one attached hydrogen (secondary N) is 1. The molecule has 1 N–H and O–H groups in total. The predicted molar refractivity (Wildman–Crippen MR) is 69.8 cm³/mol. The van der Waals surface area contributed by atoms with Crippen LogP contribution in [0.2, 0.25) is 0 Å². The van der Waals surface area contributed by atoms with Crippen LogP contribution in [-0.2, 0) is 16.3 Å². The summed E-state index contributed by atoms with van der Waals surface area (Å²) < 4.78 is 22.5. The summed E-state index contributed by atoms with van der Waals surface area (Å²) in [6.07, 6.45) is 3.12. The third kappa shape index (κ3) is 5.63. The lowest BCUT2D eigenvalue weighted by atomic mass is 10.1. The van der Waals surface area contributed by atoms with Crippen LogP contribution < -0.4 is 5.32 Å². The van der Waals surface area contributed by atoms with Crippen molar-refractivity contribution in [2.45, 2.75) is 25.8 Å². The zero-order valence-electron chi connectivity index (χ0n) is 9.77. The van der Waals surface area contributed by atoms with Crippen LogP contribution in [0.1, 0.15) is 18.2 Å². The largest absolute Gasteiger partial charge is 0.313 e. The molecule has 0 aliphatic rings. The van der Waals surface area contributed by atoms with Gasteiger partial charge in [0.15, 0.2) is 0 Å². The van der Waals surface area contributed by atoms with Crippen LogP contribution in [0.4, 0.5) is 0 Å². The minimum absolute atomic E-state index is 0.0714. The van der Waals surface area contributed by atoms with E-state index in [1.807, 2.05) is 18.4 Å². The lowest BCUT2D eigenvalue weighted by Crippen LogP contribution is -2.35. The summed E-state index contributed by atoms with van der Waals surface area (Å²) in [4.78, 5) is 1.32. The van der Waals surface area contributed by atoms with Crippen molar-refractivity contribution in [3.05, 3.63) is 22.4 Å². The molecule has 1 unspecified atom stereocenters. The second-order valence-electron chi connectivity index (χ2n) is 3.97. The van der Waals surface area contributed by atoms with E-state index in [4.69, 9.17) is 0 Å². The first-order valence-electron chi connectivity index (χ1n) is 5.44. The molecule has 0 saturated carbocycles. The Morgan fingerprint density at radius 1 is 1.50 bits per heavy atom. The van der Waals surface area contributed by atoms with Gasteiger partial charge in [-0.05, 0) is 30.8 Å². The molecule has 1 rings (SSSR count). The molecule has 0 fully saturated rings. The molecular weight excluding hydrogens is 242 g/mol. The van der Waals surface area contributed by atoms with E-state index < -0.39 is 9.84 Å². The maximum Gasteiger partial charge on any atom is 0.148 e. The van der Waals surface area contributed by atoms with Crippen LogP contribution in [0.25, 0.3) is 0 Å². The van der Waals surface area contributed by atoms with Gasteiger partial charge in [0.2, 0.25) is 0 Å². The molecule has 0 spiro atoms. The number of aryl methyl sites for hydroxylation is 1. The fourth-order valence-corrected chi connectivity index (χ4v) is 3.41. The van der Waals surface area contributed by atoms with Gasteiger partial charge in [0, 0.05) is 17.2 Å². The maximum absolute atomic E-state index is 11.2. The van der Waals surface area contributed by atoms with Crippen LogP contribution in [-0.4, -0.2) is 33.0 Å². The van der Waals surface area contributed by atoms with Crippen molar-refractivity contribution in [3.8, 4) is 0 Å². The molecule has 0 bridgehead atoms. The fourth-order valence-electron chi connectivity index (χ4n) is 1.67. The van der Waals surface area contributed by atoms with Gasteiger partial charge >= 0.3 is 0 Å². The summed E-state index contributed by atoms with van der Waals surface area (Å²) >= 11 is 1.72. The van der Waals surface area contributed by atoms with Crippen LogP contribution in [0.15, 0.2) is 17.5 Å². The first-order valence-corrected chi connectivity index (χ1v) is 8.38. The van der Waals surface area contributed by atoms with Gasteiger partial charge in [0.1, 0.15) is 9.84 Å². The Bertz CT molecular complexity index is 384. The normalized spacial score (nSPS) is 13.9. The minimum atomic E-state index is -2.90. The highest BCUT2D eigenvalue weighted by molar-refractivity contribution is 7.90. The molecule has 0 aromatic carbocycles. The molecule has 1 aromatic rings. The molecule has 16 heavy (non-hydrogen) atoms. The molecule has 1 aromatic heterocycles. The van der Waals surface area contributed by atoms with Gasteiger partial charge in [0.05, 0.1) is 5.75 Å². The summed E-state index contributed by atoms with van der Waals surface area (Å²) in [6.45, 7) is 2.81. The van der Waals surface area contributed by atoms with Crippen LogP contribution in [0.5, 0.6) is 0 Å². The quantitative estimate of drug-likeness (QED) is 0.812. The van der Waals surface area contributed by atoms with Crippen molar-refractivity contribution in [1.29, 1.82) is 0 Å². The average molecular weight is 261 g/mol. The van der Waals surface area contributed by atoms with Gasteiger partial charge in [-0.2, -0.15) is 0 Å². The summed E-state index contributed by atoms with van der Waals surface area (Å²) in [6, 6.07) is 4.19. The highest BCUT2D eigenvalue weighted by atomic mass is 32.2. The highest BCUT2D eigenvalue weighted by Crippen LogP contribution is 2.12. The Labute approximate surface area is 102 Å². The molecule has 1 atom stereocenters. The first-order chi connectivity index (χ1) is 7.51. The van der Waals surface area contributed by atoms with E-state index in [-0.39, 0.29) is 11.8 Å². The number of thiophene rings is 1. The predicted octanol–water partition coefficient (Wildman–Crippen LogP) is 1.70. The van der Waals surface area contributed by atoms with Gasteiger partial charge in [-0.3, -0.25) is 0 Å². The second kappa shape index (κ2) is 6.37. The van der Waals surface area contributed by atoms with Crippen molar-refractivity contribution in [3.63, 3.8) is 0 Å². The second-order valence-corrected chi connectivity index (χ2v) is 7.18. The standard InChI is InChI=1S/C11H19NO2S2/c1-3-12-10(9-16(2,13)14)6-7-11-5-4-8-15-11/h4-5,8,10,12H,3,6-7,9H2,1-2H3. The summed E-state index contributed by atoms with van der Waals surface area (Å²) in [5, 5.41) is 5.28. The minimum Gasteiger partial charge on any atom is -0.313 e. The van der Waals surface area contributed by atoms with E-state index in [2.05, 4.69) is 11.4 Å². The molecule has 0 aliphatic heterocycles. The summed E-state index contributed by atoms with van der Waals surface area (Å²) in [7, 11) is -2.90. The van der Waals surface area contributed by atoms with Gasteiger partial charge in [0.25, 0.3) is 0 Å². The summed E-state index contributed by atoms with van der Waals surface area (Å²) in [5.41, 5.74) is 0. The van der Waals surface area contributed by atoms with Crippen LogP contribution in [0.3, 0.4) is 0 Å². The number of hydrogen-bond acceptors (Lipinski definition) is 4. The molecule has 0 aliphatic carbocycles. The van der Waals surface area contributed by atoms with E-state index in [9.17, 15) is 8.42 Å². The smallest absolute Gasteiger partial charge is 0.148 e. The molecular formula is C11H19NO2S2. The average Bonchev–Trinajstić information content (AvgIpc) is 2.64. The SMILES string of the molecule is CCNC(CCc1cccs1)CS(C)(=O)=O. The maximum atomic E-state index is 11.2. The van der Waals surface area contributed by atoms with Crippen LogP contribution >= 0.6 is 11.3 Å². The van der Waals surface area contributed by atoms with Crippen molar-refractivity contribution in [1.82, 2.24) is 5.32 Å². The zero-order valence-corrected chi connectivity index (χ0v) is 11.4. The topological polar surface area (TPSA) is 46.2 Å². The van der Waals surface area contributed by atoms with E-state index in [1.165, 1.54) is 11.1 Å². The van der Waals surface area contributed by atoms with Crippen molar-refractivity contribution >= 4 is 21.2 Å². The first kappa shape index (κ1) is 13.7. The van der Waals surface area contributed by atoms with Gasteiger partial charge in [-0.15, -0.1) is 11.3 Å². The van der Waals surface area contributed by atoms with E-state index in [0.29, 0.717) is 0 Å². The molecule has 92 valence electrons. The number of sulfone groups is 1. The molecule has 0 saturated heterocycles. The third-order valence-corrected chi connectivity index (χ3v) is 4.26. The lowest BCUT2D eigenvalue weighted by molar-refractivity contribution is 0.521. The monoisotopic (exact) mass is 261 g/mol. The van der Waals surface area contributed by atoms with Crippen LogP contribution in [0, 0.1) is 0 Å². The highest BCUT2D eigenvalue weighted by Gasteiger charge is 2.14. The van der Waals surface area contributed by atoms with E-state index in [1.54, 1.807) is 11.3 Å². The van der Waals surface area contributed by atoms with Crippen molar-refractivity contribution in [2.75, 3.05) is 18.6 Å². The zero-order chi connectivity index (χ0) is 12.0. The van der Waals surface area contributed by atoms with E-state index >= 15 is 0 Å². The Balaban J connectivity index is 2.45. The summed E-state index contributed by atoms with van der Waals surface area (Å²) in [5.74, 6) is 0.228. The lowest BCUT2D eigenvalue weighted by Gasteiger charge is -2.16. The van der Waals surface area contributed by atoms with E-state index in [0.717, 1.165) is 19.4 Å². The van der Waals surface area contributed by atoms with Gasteiger partial charge in [-0.1, -0.05) is 13.0 Å². The van der Waals surface area contributed by atoms with Gasteiger partial charge < -0.3 is 5.32 Å². The molecule has 1 heterocycles.